The van der Waals surface area contributed by atoms with Crippen LogP contribution < -0.4 is 30.3 Å². The van der Waals surface area contributed by atoms with Crippen LogP contribution in [0.2, 0.25) is 0 Å². The van der Waals surface area contributed by atoms with E-state index in [2.05, 4.69) is 15.5 Å². The number of ether oxygens (including phenoxy) is 3. The Bertz CT molecular complexity index is 1740. The zero-order chi connectivity index (χ0) is 39.9. The number of carbonyl (C=O) groups is 3. The molecular weight excluding hydrogens is 749 g/mol. The molecule has 0 aromatic heterocycles. The quantitative estimate of drug-likeness (QED) is 0.0751. The number of carbonyl (C=O) groups excluding carboxylic acids is 3. The summed E-state index contributed by atoms with van der Waals surface area (Å²) >= 11 is 0. The number of alkyl halides is 1. The average Bonchev–Trinajstić information content (AvgIpc) is 3.52. The number of hydrogen-bond donors (Lipinski definition) is 4. The number of hydrogen-bond acceptors (Lipinski definition) is 13. The molecule has 2 aromatic rings. The standard InChI is InChI=1S/C35H49FN4O12P2/c1-22(2)48-32(42)24(5)39-53(44,51-26-14-10-8-11-15-26)46-20-28-34(7)35(28,30(36)31(50-34)38-19-18-29(37)41)21-47-54(45,52-27-16-12-9-13-17-27)40-25(6)33(43)49-23(3)4/h8-19,22-25,28,30-31,38H,20-21H2,1-7H3,(H2,37,41)(H,39,44)(H,40,45)/b19-18-/t24-,25-,28-,30?,31+,34?,35?,53?,54?/m0/s1. The summed E-state index contributed by atoms with van der Waals surface area (Å²) in [5.74, 6) is -2.90. The van der Waals surface area contributed by atoms with Crippen LogP contribution in [0.3, 0.4) is 0 Å². The molecule has 1 amide bonds. The maximum atomic E-state index is 16.8. The molecule has 2 fully saturated rings. The van der Waals surface area contributed by atoms with Crippen molar-refractivity contribution in [2.45, 2.75) is 90.8 Å². The van der Waals surface area contributed by atoms with Gasteiger partial charge in [-0.05, 0) is 72.7 Å². The number of nitrogens with two attached hydrogens (primary N) is 1. The topological polar surface area (TPSA) is 212 Å². The molecule has 2 aromatic carbocycles. The average molecular weight is 799 g/mol. The lowest BCUT2D eigenvalue weighted by atomic mass is 9.96. The fourth-order valence-corrected chi connectivity index (χ4v) is 9.10. The SMILES string of the molecule is CC(C)OC(=O)[C@H](C)NP(=O)(OC[C@H]1C2(C)O[C@@H](N/C=C\C(N)=O)C(F)C12COP(=O)(N[C@@H](C)C(=O)OC(C)C)Oc1ccccc1)Oc1ccccc1. The van der Waals surface area contributed by atoms with Gasteiger partial charge >= 0.3 is 27.4 Å². The minimum atomic E-state index is -4.49. The van der Waals surface area contributed by atoms with Crippen LogP contribution in [0, 0.1) is 11.3 Å². The molecule has 9 atom stereocenters. The van der Waals surface area contributed by atoms with E-state index in [9.17, 15) is 23.5 Å². The van der Waals surface area contributed by atoms with Crippen molar-refractivity contribution in [3.63, 3.8) is 0 Å². The summed E-state index contributed by atoms with van der Waals surface area (Å²) in [4.78, 5) is 36.7. The number of benzene rings is 2. The number of fused-ring (bicyclic) bond motifs is 1. The predicted molar refractivity (Wildman–Crippen MR) is 194 cm³/mol. The van der Waals surface area contributed by atoms with E-state index in [-0.39, 0.29) is 11.5 Å². The zero-order valence-corrected chi connectivity index (χ0v) is 32.9. The van der Waals surface area contributed by atoms with Crippen LogP contribution in [0.25, 0.3) is 0 Å². The lowest BCUT2D eigenvalue weighted by Gasteiger charge is -2.28. The van der Waals surface area contributed by atoms with Gasteiger partial charge in [0.25, 0.3) is 0 Å². The summed E-state index contributed by atoms with van der Waals surface area (Å²) < 4.78 is 85.4. The van der Waals surface area contributed by atoms with Gasteiger partial charge in [-0.1, -0.05) is 36.4 Å². The first-order valence-electron chi connectivity index (χ1n) is 17.3. The van der Waals surface area contributed by atoms with Gasteiger partial charge in [0.1, 0.15) is 23.6 Å². The number of amides is 1. The van der Waals surface area contributed by atoms with Crippen molar-refractivity contribution in [3.8, 4) is 11.5 Å². The summed E-state index contributed by atoms with van der Waals surface area (Å²) in [7, 11) is -8.89. The van der Waals surface area contributed by atoms with Crippen LogP contribution in [0.5, 0.6) is 11.5 Å². The Morgan fingerprint density at radius 2 is 1.30 bits per heavy atom. The van der Waals surface area contributed by atoms with Gasteiger partial charge in [0.2, 0.25) is 5.91 Å². The number of esters is 2. The second kappa shape index (κ2) is 17.8. The van der Waals surface area contributed by atoms with Crippen molar-refractivity contribution < 1.29 is 60.2 Å². The molecule has 1 saturated carbocycles. The van der Waals surface area contributed by atoms with Crippen molar-refractivity contribution >= 4 is 33.3 Å². The number of primary amides is 1. The van der Waals surface area contributed by atoms with E-state index in [1.807, 2.05) is 0 Å². The highest BCUT2D eigenvalue weighted by molar-refractivity contribution is 7.52. The highest BCUT2D eigenvalue weighted by atomic mass is 31.2. The van der Waals surface area contributed by atoms with Gasteiger partial charge in [0.05, 0.1) is 36.4 Å². The van der Waals surface area contributed by atoms with Gasteiger partial charge < -0.3 is 34.3 Å². The number of halogens is 1. The Morgan fingerprint density at radius 1 is 0.833 bits per heavy atom. The Balaban J connectivity index is 1.64. The second-order valence-electron chi connectivity index (χ2n) is 13.6. The Labute approximate surface area is 314 Å². The van der Waals surface area contributed by atoms with Crippen molar-refractivity contribution in [1.82, 2.24) is 15.5 Å². The molecule has 54 heavy (non-hydrogen) atoms. The molecular formula is C35H49FN4O12P2. The summed E-state index contributed by atoms with van der Waals surface area (Å²) in [6, 6.07) is 13.7. The number of rotatable bonds is 21. The summed E-state index contributed by atoms with van der Waals surface area (Å²) in [6.07, 6.45) is -2.09. The Morgan fingerprint density at radius 3 is 1.74 bits per heavy atom. The van der Waals surface area contributed by atoms with E-state index >= 15 is 4.39 Å². The van der Waals surface area contributed by atoms with Gasteiger partial charge in [-0.15, -0.1) is 0 Å². The second-order valence-corrected chi connectivity index (χ2v) is 17.0. The smallest absolute Gasteiger partial charge is 0.459 e. The summed E-state index contributed by atoms with van der Waals surface area (Å²) in [6.45, 7) is 9.91. The van der Waals surface area contributed by atoms with E-state index in [1.165, 1.54) is 38.1 Å². The molecule has 298 valence electrons. The highest BCUT2D eigenvalue weighted by Gasteiger charge is 2.85. The third-order valence-electron chi connectivity index (χ3n) is 8.70. The largest absolute Gasteiger partial charge is 0.462 e. The highest BCUT2D eigenvalue weighted by Crippen LogP contribution is 2.73. The van der Waals surface area contributed by atoms with Gasteiger partial charge in [-0.2, -0.15) is 10.2 Å². The third-order valence-corrected chi connectivity index (χ3v) is 12.0. The van der Waals surface area contributed by atoms with Crippen LogP contribution in [-0.4, -0.2) is 73.4 Å². The zero-order valence-electron chi connectivity index (χ0n) is 31.1. The minimum Gasteiger partial charge on any atom is -0.462 e. The molecule has 0 bridgehead atoms. The van der Waals surface area contributed by atoms with Crippen LogP contribution >= 0.6 is 15.5 Å². The Hall–Kier alpha value is -3.82. The maximum Gasteiger partial charge on any atom is 0.459 e. The van der Waals surface area contributed by atoms with Crippen LogP contribution in [0.4, 0.5) is 4.39 Å². The lowest BCUT2D eigenvalue weighted by Crippen LogP contribution is -2.41. The lowest BCUT2D eigenvalue weighted by molar-refractivity contribution is -0.150. The molecule has 4 rings (SSSR count). The Kier molecular flexibility index (Phi) is 14.1. The van der Waals surface area contributed by atoms with Crippen LogP contribution in [0.15, 0.2) is 72.9 Å². The van der Waals surface area contributed by atoms with Gasteiger partial charge in [-0.25, -0.2) is 13.5 Å². The molecule has 0 spiro atoms. The van der Waals surface area contributed by atoms with Crippen molar-refractivity contribution in [2.24, 2.45) is 17.1 Å². The van der Waals surface area contributed by atoms with E-state index < -0.39 is 100 Å². The summed E-state index contributed by atoms with van der Waals surface area (Å²) in [5, 5.41) is 7.84. The predicted octanol–water partition coefficient (Wildman–Crippen LogP) is 4.91. The van der Waals surface area contributed by atoms with Gasteiger partial charge in [-0.3, -0.25) is 23.4 Å². The normalized spacial score (nSPS) is 26.6. The molecule has 19 heteroatoms. The van der Waals surface area contributed by atoms with Crippen molar-refractivity contribution in [2.75, 3.05) is 13.2 Å². The monoisotopic (exact) mass is 798 g/mol. The van der Waals surface area contributed by atoms with Gasteiger partial charge in [0, 0.05) is 18.2 Å². The fourth-order valence-electron chi connectivity index (χ4n) is 6.05. The van der Waals surface area contributed by atoms with Crippen LogP contribution in [0.1, 0.15) is 48.5 Å². The third kappa shape index (κ3) is 10.5. The molecule has 16 nitrogen and oxygen atoms in total. The molecule has 2 aliphatic rings. The minimum absolute atomic E-state index is 0.125. The van der Waals surface area contributed by atoms with Crippen molar-refractivity contribution in [3.05, 3.63) is 72.9 Å². The molecule has 1 saturated heterocycles. The first-order chi connectivity index (χ1) is 25.3. The molecule has 0 radical (unpaired) electrons. The number of para-hydroxylation sites is 2. The molecule has 1 aliphatic heterocycles. The first-order valence-corrected chi connectivity index (χ1v) is 20.4. The van der Waals surface area contributed by atoms with Crippen LogP contribution in [-0.2, 0) is 46.8 Å². The van der Waals surface area contributed by atoms with E-state index in [4.69, 9.17) is 38.0 Å². The molecule has 5 N–H and O–H groups in total. The van der Waals surface area contributed by atoms with E-state index in [0.29, 0.717) is 0 Å². The van der Waals surface area contributed by atoms with Gasteiger partial charge in [0.15, 0.2) is 12.4 Å². The molecule has 1 heterocycles. The van der Waals surface area contributed by atoms with E-state index in [0.717, 1.165) is 12.3 Å². The summed E-state index contributed by atoms with van der Waals surface area (Å²) in [5.41, 5.74) is 2.11. The first kappa shape index (κ1) is 42.9. The van der Waals surface area contributed by atoms with Crippen molar-refractivity contribution in [1.29, 1.82) is 0 Å². The molecule has 1 aliphatic carbocycles. The maximum absolute atomic E-state index is 16.8. The molecule has 5 unspecified atom stereocenters. The van der Waals surface area contributed by atoms with E-state index in [1.54, 1.807) is 71.0 Å². The fraction of sp³-hybridized carbons (Fsp3) is 0.514. The number of nitrogens with one attached hydrogen (secondary N) is 3.